The normalized spacial score (nSPS) is 17.0. The van der Waals surface area contributed by atoms with Crippen LogP contribution in [0.1, 0.15) is 77.8 Å². The predicted octanol–water partition coefficient (Wildman–Crippen LogP) is 5.16. The SMILES string of the molecule is CC(C)C[C@H](NC(=O)[C@H](CCc1ccccc1)CC(=O)CN1CCOCC1)C(=O)C[C@@H](Cc1ccccc1)C(=O)N[C@@H](CC(C)C)C(=O)[C@](C)(O)CI. The lowest BCUT2D eigenvalue weighted by atomic mass is 9.87. The number of nitrogens with one attached hydrogen (secondary N) is 2. The molecule has 1 saturated heterocycles. The van der Waals surface area contributed by atoms with Crippen molar-refractivity contribution in [1.29, 1.82) is 0 Å². The fraction of sp³-hybridized carbons (Fsp3) is 0.595. The number of Topliss-reactive ketones (excluding diaryl/α,β-unsaturated/α-hetero) is 3. The number of halogens is 1. The molecule has 292 valence electrons. The van der Waals surface area contributed by atoms with Gasteiger partial charge < -0.3 is 20.5 Å². The first-order valence-electron chi connectivity index (χ1n) is 19.0. The molecule has 53 heavy (non-hydrogen) atoms. The maximum absolute atomic E-state index is 14.2. The van der Waals surface area contributed by atoms with Gasteiger partial charge in [-0.3, -0.25) is 28.9 Å². The molecule has 0 aliphatic carbocycles. The van der Waals surface area contributed by atoms with Gasteiger partial charge in [0.05, 0.1) is 31.8 Å². The largest absolute Gasteiger partial charge is 0.381 e. The zero-order valence-corrected chi connectivity index (χ0v) is 34.3. The second-order valence-electron chi connectivity index (χ2n) is 15.6. The molecule has 2 aromatic carbocycles. The molecule has 3 N–H and O–H groups in total. The quantitative estimate of drug-likeness (QED) is 0.103. The first-order valence-corrected chi connectivity index (χ1v) is 20.6. The number of carbonyl (C=O) groups is 5. The summed E-state index contributed by atoms with van der Waals surface area (Å²) in [5.41, 5.74) is 0.297. The lowest BCUT2D eigenvalue weighted by Crippen LogP contribution is -2.53. The number of aryl methyl sites for hydroxylation is 1. The summed E-state index contributed by atoms with van der Waals surface area (Å²) in [7, 11) is 0. The first kappa shape index (κ1) is 44.4. The van der Waals surface area contributed by atoms with E-state index in [-0.39, 0.29) is 59.5 Å². The minimum Gasteiger partial charge on any atom is -0.381 e. The molecule has 0 saturated carbocycles. The number of ether oxygens (including phenoxy) is 1. The molecule has 0 unspecified atom stereocenters. The van der Waals surface area contributed by atoms with Crippen molar-refractivity contribution in [2.24, 2.45) is 23.7 Å². The van der Waals surface area contributed by atoms with Crippen LogP contribution < -0.4 is 10.6 Å². The highest BCUT2D eigenvalue weighted by molar-refractivity contribution is 14.1. The summed E-state index contributed by atoms with van der Waals surface area (Å²) in [4.78, 5) is 71.1. The van der Waals surface area contributed by atoms with E-state index in [4.69, 9.17) is 4.74 Å². The van der Waals surface area contributed by atoms with Crippen LogP contribution in [-0.4, -0.2) is 94.1 Å². The summed E-state index contributed by atoms with van der Waals surface area (Å²) >= 11 is 1.96. The molecule has 1 aliphatic heterocycles. The van der Waals surface area contributed by atoms with Gasteiger partial charge >= 0.3 is 0 Å². The van der Waals surface area contributed by atoms with Crippen LogP contribution in [0.25, 0.3) is 0 Å². The van der Waals surface area contributed by atoms with E-state index in [1.807, 2.05) is 116 Å². The van der Waals surface area contributed by atoms with Gasteiger partial charge in [0.15, 0.2) is 11.6 Å². The monoisotopic (exact) mass is 845 g/mol. The minimum absolute atomic E-state index is 0.0292. The van der Waals surface area contributed by atoms with E-state index in [0.29, 0.717) is 52.0 Å². The molecular formula is C42H60IN3O7. The average molecular weight is 846 g/mol. The van der Waals surface area contributed by atoms with Crippen molar-refractivity contribution < 1.29 is 33.8 Å². The Hall–Kier alpha value is -3.00. The van der Waals surface area contributed by atoms with Crippen LogP contribution in [-0.2, 0) is 41.6 Å². The number of nitrogens with zero attached hydrogens (tertiary/aromatic N) is 1. The lowest BCUT2D eigenvalue weighted by Gasteiger charge is -2.29. The Morgan fingerprint density at radius 2 is 1.32 bits per heavy atom. The van der Waals surface area contributed by atoms with Gasteiger partial charge in [-0.05, 0) is 62.0 Å². The topological polar surface area (TPSA) is 142 Å². The van der Waals surface area contributed by atoms with E-state index in [1.54, 1.807) is 0 Å². The van der Waals surface area contributed by atoms with Crippen LogP contribution >= 0.6 is 22.6 Å². The summed E-state index contributed by atoms with van der Waals surface area (Å²) in [5, 5.41) is 16.7. The Morgan fingerprint density at radius 1 is 0.792 bits per heavy atom. The number of aliphatic hydroxyl groups is 1. The Kier molecular flexibility index (Phi) is 18.8. The Labute approximate surface area is 329 Å². The van der Waals surface area contributed by atoms with Crippen molar-refractivity contribution in [2.75, 3.05) is 37.3 Å². The summed E-state index contributed by atoms with van der Waals surface area (Å²) in [6, 6.07) is 17.4. The molecule has 1 aliphatic rings. The molecule has 10 nitrogen and oxygen atoms in total. The number of ketones is 3. The van der Waals surface area contributed by atoms with E-state index in [1.165, 1.54) is 6.92 Å². The van der Waals surface area contributed by atoms with Crippen molar-refractivity contribution in [3.05, 3.63) is 71.8 Å². The standard InChI is InChI=1S/C42H60IN3O7/c1-29(2)22-36(44-40(50)33(17-16-31-12-8-6-9-13-31)25-35(47)27-46-18-20-53-21-19-46)38(48)26-34(24-32-14-10-7-11-15-32)41(51)45-37(23-30(3)4)39(49)42(5,52)28-43/h6-15,29-30,33-34,36-37,52H,16-28H2,1-5H3,(H,44,50)(H,45,51)/t33-,34-,36+,37+,42-/m1/s1. The predicted molar refractivity (Wildman–Crippen MR) is 216 cm³/mol. The molecule has 1 fully saturated rings. The van der Waals surface area contributed by atoms with Crippen molar-refractivity contribution in [3.63, 3.8) is 0 Å². The van der Waals surface area contributed by atoms with Crippen LogP contribution in [0, 0.1) is 23.7 Å². The molecule has 2 aromatic rings. The summed E-state index contributed by atoms with van der Waals surface area (Å²) in [6.45, 7) is 12.0. The number of amides is 2. The number of carbonyl (C=O) groups excluding carboxylic acids is 5. The third-order valence-corrected chi connectivity index (χ3v) is 11.1. The van der Waals surface area contributed by atoms with E-state index < -0.39 is 41.2 Å². The van der Waals surface area contributed by atoms with E-state index in [2.05, 4.69) is 10.6 Å². The highest BCUT2D eigenvalue weighted by Crippen LogP contribution is 2.22. The molecule has 1 heterocycles. The fourth-order valence-electron chi connectivity index (χ4n) is 6.67. The van der Waals surface area contributed by atoms with Gasteiger partial charge in [0, 0.05) is 42.2 Å². The van der Waals surface area contributed by atoms with Gasteiger partial charge in [0.1, 0.15) is 11.4 Å². The van der Waals surface area contributed by atoms with Gasteiger partial charge in [-0.1, -0.05) is 111 Å². The Balaban J connectivity index is 1.84. The minimum atomic E-state index is -1.62. The van der Waals surface area contributed by atoms with E-state index in [9.17, 15) is 29.1 Å². The summed E-state index contributed by atoms with van der Waals surface area (Å²) < 4.78 is 5.59. The highest BCUT2D eigenvalue weighted by Gasteiger charge is 2.38. The Bertz CT molecular complexity index is 1460. The fourth-order valence-corrected chi connectivity index (χ4v) is 7.04. The van der Waals surface area contributed by atoms with E-state index >= 15 is 0 Å². The van der Waals surface area contributed by atoms with Gasteiger partial charge in [-0.15, -0.1) is 0 Å². The molecule has 11 heteroatoms. The van der Waals surface area contributed by atoms with Crippen LogP contribution in [0.15, 0.2) is 60.7 Å². The molecule has 2 amide bonds. The van der Waals surface area contributed by atoms with Crippen LogP contribution in [0.3, 0.4) is 0 Å². The number of benzene rings is 2. The third-order valence-electron chi connectivity index (χ3n) is 9.66. The van der Waals surface area contributed by atoms with Crippen LogP contribution in [0.5, 0.6) is 0 Å². The highest BCUT2D eigenvalue weighted by atomic mass is 127. The number of morpholine rings is 1. The van der Waals surface area contributed by atoms with Crippen molar-refractivity contribution >= 4 is 51.8 Å². The van der Waals surface area contributed by atoms with E-state index in [0.717, 1.165) is 11.1 Å². The molecule has 0 spiro atoms. The van der Waals surface area contributed by atoms with Gasteiger partial charge in [-0.2, -0.15) is 0 Å². The molecule has 0 aromatic heterocycles. The molecule has 0 radical (unpaired) electrons. The van der Waals surface area contributed by atoms with Crippen molar-refractivity contribution in [3.8, 4) is 0 Å². The molecular weight excluding hydrogens is 785 g/mol. The number of alkyl halides is 1. The summed E-state index contributed by atoms with van der Waals surface area (Å²) in [5.74, 6) is -2.92. The summed E-state index contributed by atoms with van der Waals surface area (Å²) in [6.07, 6.45) is 1.90. The van der Waals surface area contributed by atoms with Gasteiger partial charge in [0.25, 0.3) is 0 Å². The molecule has 5 atom stereocenters. The van der Waals surface area contributed by atoms with Crippen LogP contribution in [0.2, 0.25) is 0 Å². The second kappa shape index (κ2) is 22.4. The molecule has 0 bridgehead atoms. The average Bonchev–Trinajstić information content (AvgIpc) is 3.12. The Morgan fingerprint density at radius 3 is 1.89 bits per heavy atom. The second-order valence-corrected chi connectivity index (χ2v) is 16.3. The molecule has 3 rings (SSSR count). The van der Waals surface area contributed by atoms with Crippen molar-refractivity contribution in [2.45, 2.75) is 97.2 Å². The number of rotatable bonds is 23. The zero-order chi connectivity index (χ0) is 39.0. The van der Waals surface area contributed by atoms with Crippen molar-refractivity contribution in [1.82, 2.24) is 15.5 Å². The third kappa shape index (κ3) is 15.7. The van der Waals surface area contributed by atoms with Crippen LogP contribution in [0.4, 0.5) is 0 Å². The number of hydrogen-bond donors (Lipinski definition) is 3. The first-order chi connectivity index (χ1) is 25.2. The lowest BCUT2D eigenvalue weighted by molar-refractivity contribution is -0.140. The number of hydrogen-bond acceptors (Lipinski definition) is 8. The maximum Gasteiger partial charge on any atom is 0.224 e. The zero-order valence-electron chi connectivity index (χ0n) is 32.2. The maximum atomic E-state index is 14.2. The van der Waals surface area contributed by atoms with Gasteiger partial charge in [-0.25, -0.2) is 0 Å². The smallest absolute Gasteiger partial charge is 0.224 e. The van der Waals surface area contributed by atoms with Gasteiger partial charge in [0.2, 0.25) is 11.8 Å².